The number of carbonyl (C=O) groups is 1. The Morgan fingerprint density at radius 1 is 1.39 bits per heavy atom. The number of amides is 1. The Balaban J connectivity index is 1.70. The standard InChI is InChI=1S/C15H17BrN4O2S/c1-22-7-6-20-14(21)10-23-15(20)13-9-19(18-17-13)8-11-2-4-12(16)5-3-11/h2-5,9,15H,6-8,10H2,1H3. The molecule has 1 aromatic carbocycles. The summed E-state index contributed by atoms with van der Waals surface area (Å²) >= 11 is 5.01. The van der Waals surface area contributed by atoms with Crippen molar-refractivity contribution in [3.8, 4) is 0 Å². The lowest BCUT2D eigenvalue weighted by Crippen LogP contribution is -2.31. The Hall–Kier alpha value is -1.38. The molecule has 1 aromatic heterocycles. The number of benzene rings is 1. The van der Waals surface area contributed by atoms with E-state index in [-0.39, 0.29) is 11.3 Å². The highest BCUT2D eigenvalue weighted by molar-refractivity contribution is 9.10. The fourth-order valence-corrected chi connectivity index (χ4v) is 3.82. The van der Waals surface area contributed by atoms with E-state index in [0.717, 1.165) is 15.7 Å². The third-order valence-electron chi connectivity index (χ3n) is 3.57. The Labute approximate surface area is 147 Å². The van der Waals surface area contributed by atoms with Gasteiger partial charge < -0.3 is 9.64 Å². The van der Waals surface area contributed by atoms with Crippen LogP contribution in [0.2, 0.25) is 0 Å². The molecule has 6 nitrogen and oxygen atoms in total. The first-order valence-corrected chi connectivity index (χ1v) is 9.06. The van der Waals surface area contributed by atoms with Crippen molar-refractivity contribution in [3.05, 3.63) is 46.2 Å². The van der Waals surface area contributed by atoms with Crippen LogP contribution in [0.1, 0.15) is 16.6 Å². The monoisotopic (exact) mass is 396 g/mol. The van der Waals surface area contributed by atoms with Crippen molar-refractivity contribution in [2.24, 2.45) is 0 Å². The first-order chi connectivity index (χ1) is 11.2. The van der Waals surface area contributed by atoms with Crippen LogP contribution in [0.5, 0.6) is 0 Å². The number of rotatable bonds is 6. The summed E-state index contributed by atoms with van der Waals surface area (Å²) in [6.45, 7) is 1.76. The smallest absolute Gasteiger partial charge is 0.233 e. The van der Waals surface area contributed by atoms with E-state index < -0.39 is 0 Å². The van der Waals surface area contributed by atoms with Crippen LogP contribution in [-0.4, -0.2) is 51.8 Å². The molecule has 3 rings (SSSR count). The van der Waals surface area contributed by atoms with Crippen molar-refractivity contribution in [2.75, 3.05) is 26.0 Å². The van der Waals surface area contributed by atoms with Gasteiger partial charge in [-0.3, -0.25) is 4.79 Å². The molecule has 1 amide bonds. The summed E-state index contributed by atoms with van der Waals surface area (Å²) in [5.41, 5.74) is 1.96. The van der Waals surface area contributed by atoms with E-state index >= 15 is 0 Å². The lowest BCUT2D eigenvalue weighted by atomic mass is 10.2. The number of nitrogens with zero attached hydrogens (tertiary/aromatic N) is 4. The van der Waals surface area contributed by atoms with Crippen LogP contribution in [0.15, 0.2) is 34.9 Å². The number of ether oxygens (including phenoxy) is 1. The van der Waals surface area contributed by atoms with Crippen LogP contribution < -0.4 is 0 Å². The fraction of sp³-hybridized carbons (Fsp3) is 0.400. The zero-order valence-corrected chi connectivity index (χ0v) is 15.1. The van der Waals surface area contributed by atoms with Crippen molar-refractivity contribution in [1.82, 2.24) is 19.9 Å². The molecule has 8 heteroatoms. The van der Waals surface area contributed by atoms with Crippen molar-refractivity contribution < 1.29 is 9.53 Å². The summed E-state index contributed by atoms with van der Waals surface area (Å²) in [7, 11) is 1.64. The number of carbonyl (C=O) groups excluding carboxylic acids is 1. The first-order valence-electron chi connectivity index (χ1n) is 7.22. The van der Waals surface area contributed by atoms with E-state index in [0.29, 0.717) is 25.4 Å². The van der Waals surface area contributed by atoms with Gasteiger partial charge >= 0.3 is 0 Å². The summed E-state index contributed by atoms with van der Waals surface area (Å²) < 4.78 is 7.94. The number of methoxy groups -OCH3 is 1. The Kier molecular flexibility index (Phi) is 5.34. The van der Waals surface area contributed by atoms with E-state index in [9.17, 15) is 4.79 Å². The molecule has 0 bridgehead atoms. The molecule has 0 spiro atoms. The number of hydrogen-bond acceptors (Lipinski definition) is 5. The van der Waals surface area contributed by atoms with Gasteiger partial charge in [0.1, 0.15) is 11.1 Å². The number of thioether (sulfide) groups is 1. The van der Waals surface area contributed by atoms with Gasteiger partial charge in [-0.05, 0) is 17.7 Å². The van der Waals surface area contributed by atoms with Crippen LogP contribution >= 0.6 is 27.7 Å². The summed E-state index contributed by atoms with van der Waals surface area (Å²) in [6, 6.07) is 8.10. The molecule has 122 valence electrons. The van der Waals surface area contributed by atoms with E-state index in [4.69, 9.17) is 4.74 Å². The summed E-state index contributed by atoms with van der Waals surface area (Å²) in [6.07, 6.45) is 1.91. The number of halogens is 1. The average Bonchev–Trinajstić information content (AvgIpc) is 3.14. The highest BCUT2D eigenvalue weighted by atomic mass is 79.9. The van der Waals surface area contributed by atoms with Gasteiger partial charge in [0.25, 0.3) is 0 Å². The molecular formula is C15H17BrN4O2S. The van der Waals surface area contributed by atoms with Crippen LogP contribution in [0, 0.1) is 0 Å². The molecule has 0 aliphatic carbocycles. The van der Waals surface area contributed by atoms with Gasteiger partial charge in [-0.2, -0.15) is 0 Å². The van der Waals surface area contributed by atoms with Crippen molar-refractivity contribution in [3.63, 3.8) is 0 Å². The van der Waals surface area contributed by atoms with E-state index in [1.165, 1.54) is 0 Å². The minimum Gasteiger partial charge on any atom is -0.383 e. The molecular weight excluding hydrogens is 380 g/mol. The lowest BCUT2D eigenvalue weighted by molar-refractivity contribution is -0.128. The van der Waals surface area contributed by atoms with Gasteiger partial charge in [0, 0.05) is 18.1 Å². The van der Waals surface area contributed by atoms with Crippen molar-refractivity contribution in [1.29, 1.82) is 0 Å². The van der Waals surface area contributed by atoms with Gasteiger partial charge in [-0.15, -0.1) is 16.9 Å². The minimum absolute atomic E-state index is 0.0729. The van der Waals surface area contributed by atoms with Gasteiger partial charge in [0.05, 0.1) is 25.1 Å². The minimum atomic E-state index is -0.0729. The third-order valence-corrected chi connectivity index (χ3v) is 5.33. The second-order valence-corrected chi connectivity index (χ2v) is 7.19. The van der Waals surface area contributed by atoms with Gasteiger partial charge in [0.2, 0.25) is 5.91 Å². The second kappa shape index (κ2) is 7.46. The van der Waals surface area contributed by atoms with Gasteiger partial charge in [-0.1, -0.05) is 33.3 Å². The number of aromatic nitrogens is 3. The average molecular weight is 397 g/mol. The maximum Gasteiger partial charge on any atom is 0.233 e. The lowest BCUT2D eigenvalue weighted by Gasteiger charge is -2.21. The van der Waals surface area contributed by atoms with E-state index in [1.54, 1.807) is 23.6 Å². The van der Waals surface area contributed by atoms with Crippen LogP contribution in [0.25, 0.3) is 0 Å². The first kappa shape index (κ1) is 16.5. The molecule has 0 N–H and O–H groups in total. The number of hydrogen-bond donors (Lipinski definition) is 0. The topological polar surface area (TPSA) is 60.2 Å². The molecule has 1 saturated heterocycles. The Morgan fingerprint density at radius 2 is 2.17 bits per heavy atom. The summed E-state index contributed by atoms with van der Waals surface area (Å²) in [5.74, 6) is 0.605. The van der Waals surface area contributed by atoms with Crippen LogP contribution in [0.3, 0.4) is 0 Å². The van der Waals surface area contributed by atoms with Crippen LogP contribution in [-0.2, 0) is 16.1 Å². The SMILES string of the molecule is COCCN1C(=O)CSC1c1cn(Cc2ccc(Br)cc2)nn1. The fourth-order valence-electron chi connectivity index (χ4n) is 2.41. The van der Waals surface area contributed by atoms with Gasteiger partial charge in [-0.25, -0.2) is 4.68 Å². The zero-order valence-electron chi connectivity index (χ0n) is 12.7. The van der Waals surface area contributed by atoms with E-state index in [1.807, 2.05) is 35.4 Å². The van der Waals surface area contributed by atoms with E-state index in [2.05, 4.69) is 26.2 Å². The molecule has 2 aromatic rings. The van der Waals surface area contributed by atoms with Crippen molar-refractivity contribution >= 4 is 33.6 Å². The molecule has 1 atom stereocenters. The predicted molar refractivity (Wildman–Crippen MR) is 92.1 cm³/mol. The molecule has 1 aliphatic rings. The Bertz CT molecular complexity index is 676. The summed E-state index contributed by atoms with van der Waals surface area (Å²) in [5, 5.41) is 8.37. The second-order valence-electron chi connectivity index (χ2n) is 5.21. The molecule has 2 heterocycles. The highest BCUT2D eigenvalue weighted by Crippen LogP contribution is 2.37. The maximum absolute atomic E-state index is 12.0. The van der Waals surface area contributed by atoms with Crippen molar-refractivity contribution in [2.45, 2.75) is 11.9 Å². The molecule has 1 unspecified atom stereocenters. The molecule has 0 radical (unpaired) electrons. The maximum atomic E-state index is 12.0. The highest BCUT2D eigenvalue weighted by Gasteiger charge is 2.34. The van der Waals surface area contributed by atoms with Gasteiger partial charge in [0.15, 0.2) is 0 Å². The molecule has 23 heavy (non-hydrogen) atoms. The Morgan fingerprint density at radius 3 is 2.91 bits per heavy atom. The normalized spacial score (nSPS) is 17.9. The molecule has 1 fully saturated rings. The molecule has 0 saturated carbocycles. The third kappa shape index (κ3) is 3.94. The van der Waals surface area contributed by atoms with Crippen LogP contribution in [0.4, 0.5) is 0 Å². The zero-order chi connectivity index (χ0) is 16.2. The molecule has 1 aliphatic heterocycles. The quantitative estimate of drug-likeness (QED) is 0.749. The predicted octanol–water partition coefficient (Wildman–Crippen LogP) is 2.31. The summed E-state index contributed by atoms with van der Waals surface area (Å²) in [4.78, 5) is 13.8. The largest absolute Gasteiger partial charge is 0.383 e.